The summed E-state index contributed by atoms with van der Waals surface area (Å²) in [6.07, 6.45) is 5.17. The fourth-order valence-corrected chi connectivity index (χ4v) is 2.47. The molecular weight excluding hydrogens is 214 g/mol. The van der Waals surface area contributed by atoms with Gasteiger partial charge in [-0.1, -0.05) is 32.3 Å². The van der Waals surface area contributed by atoms with Crippen molar-refractivity contribution in [3.8, 4) is 0 Å². The number of nitrogens with zero attached hydrogens (tertiary/aromatic N) is 3. The van der Waals surface area contributed by atoms with Crippen molar-refractivity contribution in [1.82, 2.24) is 15.0 Å². The van der Waals surface area contributed by atoms with Crippen LogP contribution in [-0.2, 0) is 6.54 Å². The first kappa shape index (κ1) is 12.6. The van der Waals surface area contributed by atoms with Crippen molar-refractivity contribution in [2.24, 2.45) is 0 Å². The second-order valence-electron chi connectivity index (χ2n) is 5.23. The van der Waals surface area contributed by atoms with Crippen LogP contribution in [0.3, 0.4) is 0 Å². The zero-order valence-electron chi connectivity index (χ0n) is 11.1. The lowest BCUT2D eigenvalue weighted by Gasteiger charge is -2.33. The van der Waals surface area contributed by atoms with E-state index in [1.54, 1.807) is 0 Å². The van der Waals surface area contributed by atoms with Crippen molar-refractivity contribution >= 4 is 0 Å². The van der Waals surface area contributed by atoms with Crippen LogP contribution in [0.1, 0.15) is 64.1 Å². The number of hydrogen-bond donors (Lipinski definition) is 0. The molecule has 1 atom stereocenters. The molecule has 2 heterocycles. The van der Waals surface area contributed by atoms with Gasteiger partial charge in [0, 0.05) is 12.0 Å². The summed E-state index contributed by atoms with van der Waals surface area (Å²) in [5.41, 5.74) is 0. The summed E-state index contributed by atoms with van der Waals surface area (Å²) in [4.78, 5) is 6.94. The van der Waals surface area contributed by atoms with Crippen molar-refractivity contribution in [1.29, 1.82) is 0 Å². The van der Waals surface area contributed by atoms with E-state index in [1.165, 1.54) is 25.7 Å². The summed E-state index contributed by atoms with van der Waals surface area (Å²) < 4.78 is 5.32. The van der Waals surface area contributed by atoms with Gasteiger partial charge >= 0.3 is 0 Å². The molecule has 1 fully saturated rings. The third-order valence-electron chi connectivity index (χ3n) is 3.56. The van der Waals surface area contributed by atoms with Crippen LogP contribution in [0.4, 0.5) is 0 Å². The van der Waals surface area contributed by atoms with Crippen molar-refractivity contribution in [2.45, 2.75) is 65.0 Å². The maximum atomic E-state index is 5.32. The van der Waals surface area contributed by atoms with Crippen molar-refractivity contribution < 1.29 is 4.52 Å². The lowest BCUT2D eigenvalue weighted by Crippen LogP contribution is -2.38. The van der Waals surface area contributed by atoms with Crippen LogP contribution in [-0.4, -0.2) is 27.6 Å². The van der Waals surface area contributed by atoms with Crippen LogP contribution in [0.2, 0.25) is 0 Å². The van der Waals surface area contributed by atoms with E-state index < -0.39 is 0 Å². The molecule has 4 heteroatoms. The number of rotatable bonds is 4. The smallest absolute Gasteiger partial charge is 0.240 e. The predicted molar refractivity (Wildman–Crippen MR) is 66.7 cm³/mol. The van der Waals surface area contributed by atoms with Gasteiger partial charge in [0.25, 0.3) is 0 Å². The highest BCUT2D eigenvalue weighted by Gasteiger charge is 2.23. The molecule has 0 amide bonds. The van der Waals surface area contributed by atoms with Crippen LogP contribution < -0.4 is 0 Å². The van der Waals surface area contributed by atoms with Gasteiger partial charge in [-0.15, -0.1) is 0 Å². The SMILES string of the molecule is CC[C@@H]1CCCCN1Cc1nc(C(C)C)no1. The summed E-state index contributed by atoms with van der Waals surface area (Å²) in [5, 5.41) is 4.02. The maximum absolute atomic E-state index is 5.32. The largest absolute Gasteiger partial charge is 0.338 e. The van der Waals surface area contributed by atoms with Crippen LogP contribution >= 0.6 is 0 Å². The molecule has 0 unspecified atom stereocenters. The van der Waals surface area contributed by atoms with E-state index >= 15 is 0 Å². The van der Waals surface area contributed by atoms with Gasteiger partial charge in [0.2, 0.25) is 5.89 Å². The van der Waals surface area contributed by atoms with Gasteiger partial charge in [-0.05, 0) is 25.8 Å². The molecule has 2 rings (SSSR count). The highest BCUT2D eigenvalue weighted by Crippen LogP contribution is 2.21. The minimum atomic E-state index is 0.343. The molecule has 0 aromatic carbocycles. The Balaban J connectivity index is 1.98. The Hall–Kier alpha value is -0.900. The normalized spacial score (nSPS) is 22.2. The van der Waals surface area contributed by atoms with Gasteiger partial charge in [0.15, 0.2) is 5.82 Å². The minimum Gasteiger partial charge on any atom is -0.338 e. The zero-order valence-corrected chi connectivity index (χ0v) is 11.1. The second kappa shape index (κ2) is 5.63. The van der Waals surface area contributed by atoms with Crippen LogP contribution in [0.5, 0.6) is 0 Å². The van der Waals surface area contributed by atoms with Gasteiger partial charge in [-0.25, -0.2) is 0 Å². The minimum absolute atomic E-state index is 0.343. The quantitative estimate of drug-likeness (QED) is 0.807. The molecule has 1 aliphatic heterocycles. The number of piperidine rings is 1. The van der Waals surface area contributed by atoms with E-state index in [9.17, 15) is 0 Å². The van der Waals surface area contributed by atoms with E-state index in [0.29, 0.717) is 12.0 Å². The van der Waals surface area contributed by atoms with E-state index in [4.69, 9.17) is 4.52 Å². The van der Waals surface area contributed by atoms with Crippen LogP contribution in [0.25, 0.3) is 0 Å². The third kappa shape index (κ3) is 3.06. The summed E-state index contributed by atoms with van der Waals surface area (Å²) in [7, 11) is 0. The van der Waals surface area contributed by atoms with Gasteiger partial charge in [0.1, 0.15) is 0 Å². The summed E-state index contributed by atoms with van der Waals surface area (Å²) >= 11 is 0. The van der Waals surface area contributed by atoms with Gasteiger partial charge in [-0.2, -0.15) is 4.98 Å². The van der Waals surface area contributed by atoms with Gasteiger partial charge in [-0.3, -0.25) is 4.90 Å². The third-order valence-corrected chi connectivity index (χ3v) is 3.56. The van der Waals surface area contributed by atoms with Crippen molar-refractivity contribution in [3.63, 3.8) is 0 Å². The van der Waals surface area contributed by atoms with Crippen molar-refractivity contribution in [2.75, 3.05) is 6.54 Å². The maximum Gasteiger partial charge on any atom is 0.240 e. The molecule has 0 bridgehead atoms. The lowest BCUT2D eigenvalue weighted by molar-refractivity contribution is 0.120. The average molecular weight is 237 g/mol. The molecule has 17 heavy (non-hydrogen) atoms. The first-order valence-electron chi connectivity index (χ1n) is 6.77. The average Bonchev–Trinajstić information content (AvgIpc) is 2.78. The monoisotopic (exact) mass is 237 g/mol. The molecule has 1 aromatic heterocycles. The molecule has 1 aromatic rings. The highest BCUT2D eigenvalue weighted by atomic mass is 16.5. The summed E-state index contributed by atoms with van der Waals surface area (Å²) in [6.45, 7) is 8.42. The molecule has 0 spiro atoms. The molecular formula is C13H23N3O. The fraction of sp³-hybridized carbons (Fsp3) is 0.846. The molecule has 0 aliphatic carbocycles. The Bertz CT molecular complexity index is 348. The van der Waals surface area contributed by atoms with Crippen LogP contribution in [0.15, 0.2) is 4.52 Å². The Morgan fingerprint density at radius 3 is 2.88 bits per heavy atom. The van der Waals surface area contributed by atoms with Gasteiger partial charge < -0.3 is 4.52 Å². The number of hydrogen-bond acceptors (Lipinski definition) is 4. The Kier molecular flexibility index (Phi) is 4.15. The van der Waals surface area contributed by atoms with Crippen molar-refractivity contribution in [3.05, 3.63) is 11.7 Å². The van der Waals surface area contributed by atoms with Gasteiger partial charge in [0.05, 0.1) is 6.54 Å². The molecule has 1 saturated heterocycles. The first-order valence-corrected chi connectivity index (χ1v) is 6.77. The first-order chi connectivity index (χ1) is 8.20. The predicted octanol–water partition coefficient (Wildman–Crippen LogP) is 2.96. The number of likely N-dealkylation sites (tertiary alicyclic amines) is 1. The Labute approximate surface area is 103 Å². The fourth-order valence-electron chi connectivity index (χ4n) is 2.47. The van der Waals surface area contributed by atoms with E-state index in [-0.39, 0.29) is 0 Å². The second-order valence-corrected chi connectivity index (χ2v) is 5.23. The number of aromatic nitrogens is 2. The topological polar surface area (TPSA) is 42.2 Å². The molecule has 0 N–H and O–H groups in total. The Morgan fingerprint density at radius 1 is 1.41 bits per heavy atom. The highest BCUT2D eigenvalue weighted by molar-refractivity contribution is 4.92. The summed E-state index contributed by atoms with van der Waals surface area (Å²) in [5.74, 6) is 1.94. The Morgan fingerprint density at radius 2 is 2.24 bits per heavy atom. The standard InChI is InChI=1S/C13H23N3O/c1-4-11-7-5-6-8-16(11)9-12-14-13(10(2)3)15-17-12/h10-11H,4-9H2,1-3H3/t11-/m1/s1. The molecule has 4 nitrogen and oxygen atoms in total. The molecule has 0 saturated carbocycles. The molecule has 1 aliphatic rings. The van der Waals surface area contributed by atoms with E-state index in [2.05, 4.69) is 35.8 Å². The summed E-state index contributed by atoms with van der Waals surface area (Å²) in [6, 6.07) is 0.693. The molecule has 96 valence electrons. The van der Waals surface area contributed by atoms with E-state index in [1.807, 2.05) is 0 Å². The zero-order chi connectivity index (χ0) is 12.3. The molecule has 0 radical (unpaired) electrons. The van der Waals surface area contributed by atoms with E-state index in [0.717, 1.165) is 24.8 Å². The lowest BCUT2D eigenvalue weighted by atomic mass is 10.0. The van der Waals surface area contributed by atoms with Crippen LogP contribution in [0, 0.1) is 0 Å².